The Balaban J connectivity index is 1.45. The van der Waals surface area contributed by atoms with Crippen molar-refractivity contribution in [2.75, 3.05) is 6.61 Å². The number of esters is 1. The van der Waals surface area contributed by atoms with Gasteiger partial charge < -0.3 is 18.9 Å². The second kappa shape index (κ2) is 14.1. The van der Waals surface area contributed by atoms with Gasteiger partial charge in [-0.25, -0.2) is 4.79 Å². The lowest BCUT2D eigenvalue weighted by atomic mass is 10.0. The standard InChI is InChI=1S/C33H38O5/c1-33(2)36-25-31(38-33)23-30(37-32(34)28-19-10-5-11-20-28)22-29(35-24-27-17-8-4-9-18-27)21-13-12-16-26-14-6-3-7-15-26/h3-11,13-15,17-21,29-31H,12,16,22-25H2,1-2H3/b21-13-/t29-,30-,31-/m0/s1. The molecule has 0 N–H and O–H groups in total. The van der Waals surface area contributed by atoms with Crippen molar-refractivity contribution in [2.24, 2.45) is 0 Å². The Labute approximate surface area is 226 Å². The van der Waals surface area contributed by atoms with Crippen LogP contribution >= 0.6 is 0 Å². The number of carbonyl (C=O) groups excluding carboxylic acids is 1. The third kappa shape index (κ3) is 9.25. The molecule has 1 aliphatic rings. The summed E-state index contributed by atoms with van der Waals surface area (Å²) in [5.41, 5.74) is 2.93. The van der Waals surface area contributed by atoms with Crippen molar-refractivity contribution in [2.45, 2.75) is 70.2 Å². The Morgan fingerprint density at radius 2 is 1.58 bits per heavy atom. The summed E-state index contributed by atoms with van der Waals surface area (Å²) in [6, 6.07) is 29.6. The third-order valence-corrected chi connectivity index (χ3v) is 6.47. The van der Waals surface area contributed by atoms with Crippen molar-refractivity contribution in [1.29, 1.82) is 0 Å². The molecule has 0 aromatic heterocycles. The van der Waals surface area contributed by atoms with Crippen molar-refractivity contribution < 1.29 is 23.7 Å². The molecule has 0 amide bonds. The molecule has 0 radical (unpaired) electrons. The van der Waals surface area contributed by atoms with Gasteiger partial charge in [-0.2, -0.15) is 0 Å². The number of hydrogen-bond donors (Lipinski definition) is 0. The molecule has 0 spiro atoms. The Morgan fingerprint density at radius 3 is 2.21 bits per heavy atom. The van der Waals surface area contributed by atoms with Crippen molar-refractivity contribution in [3.8, 4) is 0 Å². The predicted octanol–water partition coefficient (Wildman–Crippen LogP) is 6.92. The Kier molecular flexibility index (Phi) is 10.3. The van der Waals surface area contributed by atoms with E-state index in [0.29, 0.717) is 31.6 Å². The number of rotatable bonds is 13. The van der Waals surface area contributed by atoms with Crippen LogP contribution in [-0.2, 0) is 32.0 Å². The van der Waals surface area contributed by atoms with Crippen molar-refractivity contribution in [1.82, 2.24) is 0 Å². The zero-order valence-corrected chi connectivity index (χ0v) is 22.3. The first-order valence-electron chi connectivity index (χ1n) is 13.4. The quantitative estimate of drug-likeness (QED) is 0.183. The highest BCUT2D eigenvalue weighted by Crippen LogP contribution is 2.27. The molecule has 0 saturated carbocycles. The van der Waals surface area contributed by atoms with Gasteiger partial charge in [0.05, 0.1) is 31.0 Å². The summed E-state index contributed by atoms with van der Waals surface area (Å²) in [5, 5.41) is 0. The predicted molar refractivity (Wildman–Crippen MR) is 149 cm³/mol. The van der Waals surface area contributed by atoms with Crippen LogP contribution in [0.2, 0.25) is 0 Å². The van der Waals surface area contributed by atoms with Crippen LogP contribution in [0.4, 0.5) is 0 Å². The Morgan fingerprint density at radius 1 is 0.947 bits per heavy atom. The van der Waals surface area contributed by atoms with E-state index in [4.69, 9.17) is 18.9 Å². The maximum absolute atomic E-state index is 13.0. The van der Waals surface area contributed by atoms with Crippen LogP contribution in [0, 0.1) is 0 Å². The summed E-state index contributed by atoms with van der Waals surface area (Å²) in [6.45, 7) is 4.75. The van der Waals surface area contributed by atoms with E-state index in [-0.39, 0.29) is 18.2 Å². The van der Waals surface area contributed by atoms with Crippen molar-refractivity contribution in [3.05, 3.63) is 120 Å². The van der Waals surface area contributed by atoms with Crippen LogP contribution in [0.1, 0.15) is 54.6 Å². The van der Waals surface area contributed by atoms with Gasteiger partial charge in [0.2, 0.25) is 0 Å². The summed E-state index contributed by atoms with van der Waals surface area (Å²) in [7, 11) is 0. The highest BCUT2D eigenvalue weighted by atomic mass is 16.7. The van der Waals surface area contributed by atoms with E-state index in [1.807, 2.05) is 56.3 Å². The van der Waals surface area contributed by atoms with E-state index in [1.54, 1.807) is 12.1 Å². The average Bonchev–Trinajstić information content (AvgIpc) is 3.28. The molecule has 5 heteroatoms. The molecule has 1 aliphatic heterocycles. The van der Waals surface area contributed by atoms with Gasteiger partial charge in [-0.15, -0.1) is 0 Å². The fourth-order valence-electron chi connectivity index (χ4n) is 4.54. The van der Waals surface area contributed by atoms with Crippen molar-refractivity contribution in [3.63, 3.8) is 0 Å². The van der Waals surface area contributed by atoms with Crippen LogP contribution in [0.15, 0.2) is 103 Å². The monoisotopic (exact) mass is 514 g/mol. The largest absolute Gasteiger partial charge is 0.459 e. The Bertz CT molecular complexity index is 1130. The molecule has 0 aliphatic carbocycles. The number of hydrogen-bond acceptors (Lipinski definition) is 5. The van der Waals surface area contributed by atoms with Gasteiger partial charge in [-0.3, -0.25) is 0 Å². The maximum atomic E-state index is 13.0. The van der Waals surface area contributed by atoms with E-state index in [1.165, 1.54) is 5.56 Å². The average molecular weight is 515 g/mol. The maximum Gasteiger partial charge on any atom is 0.338 e. The van der Waals surface area contributed by atoms with Gasteiger partial charge in [-0.05, 0) is 49.9 Å². The summed E-state index contributed by atoms with van der Waals surface area (Å²) in [6.07, 6.45) is 6.39. The molecular weight excluding hydrogens is 476 g/mol. The van der Waals surface area contributed by atoms with E-state index >= 15 is 0 Å². The zero-order chi connectivity index (χ0) is 26.6. The van der Waals surface area contributed by atoms with Crippen LogP contribution in [-0.4, -0.2) is 36.7 Å². The number of aryl methyl sites for hydroxylation is 1. The molecular formula is C33H38O5. The number of ether oxygens (including phenoxy) is 4. The Hall–Kier alpha value is -3.25. The summed E-state index contributed by atoms with van der Waals surface area (Å²) in [5.74, 6) is -0.984. The van der Waals surface area contributed by atoms with Gasteiger partial charge >= 0.3 is 5.97 Å². The van der Waals surface area contributed by atoms with Crippen LogP contribution in [0.3, 0.4) is 0 Å². The lowest BCUT2D eigenvalue weighted by Crippen LogP contribution is -2.30. The minimum Gasteiger partial charge on any atom is -0.459 e. The third-order valence-electron chi connectivity index (χ3n) is 6.47. The molecule has 0 bridgehead atoms. The minimum atomic E-state index is -0.640. The molecule has 38 heavy (non-hydrogen) atoms. The molecule has 4 rings (SSSR count). The molecule has 0 unspecified atom stereocenters. The van der Waals surface area contributed by atoms with E-state index in [2.05, 4.69) is 48.6 Å². The lowest BCUT2D eigenvalue weighted by molar-refractivity contribution is -0.142. The van der Waals surface area contributed by atoms with Gasteiger partial charge in [0, 0.05) is 12.8 Å². The zero-order valence-electron chi connectivity index (χ0n) is 22.3. The normalized spacial score (nSPS) is 18.3. The molecule has 3 aromatic carbocycles. The van der Waals surface area contributed by atoms with Gasteiger partial charge in [0.15, 0.2) is 5.79 Å². The first-order chi connectivity index (χ1) is 18.5. The van der Waals surface area contributed by atoms with Crippen LogP contribution in [0.25, 0.3) is 0 Å². The van der Waals surface area contributed by atoms with Gasteiger partial charge in [0.1, 0.15) is 6.10 Å². The second-order valence-electron chi connectivity index (χ2n) is 10.1. The molecule has 1 heterocycles. The number of benzene rings is 3. The van der Waals surface area contributed by atoms with Gasteiger partial charge in [0.25, 0.3) is 0 Å². The molecule has 3 aromatic rings. The number of allylic oxidation sites excluding steroid dienone is 1. The van der Waals surface area contributed by atoms with Crippen LogP contribution < -0.4 is 0 Å². The molecule has 3 atom stereocenters. The second-order valence-corrected chi connectivity index (χ2v) is 10.1. The summed E-state index contributed by atoms with van der Waals surface area (Å²) in [4.78, 5) is 13.0. The highest BCUT2D eigenvalue weighted by Gasteiger charge is 2.35. The first kappa shape index (κ1) is 27.8. The lowest BCUT2D eigenvalue weighted by Gasteiger charge is -2.25. The van der Waals surface area contributed by atoms with Crippen LogP contribution in [0.5, 0.6) is 0 Å². The smallest absolute Gasteiger partial charge is 0.338 e. The van der Waals surface area contributed by atoms with E-state index in [0.717, 1.165) is 18.4 Å². The highest BCUT2D eigenvalue weighted by molar-refractivity contribution is 5.89. The summed E-state index contributed by atoms with van der Waals surface area (Å²) < 4.78 is 24.2. The van der Waals surface area contributed by atoms with E-state index < -0.39 is 11.9 Å². The molecule has 1 saturated heterocycles. The summed E-state index contributed by atoms with van der Waals surface area (Å²) >= 11 is 0. The fourth-order valence-corrected chi connectivity index (χ4v) is 4.54. The molecule has 200 valence electrons. The first-order valence-corrected chi connectivity index (χ1v) is 13.4. The minimum absolute atomic E-state index is 0.157. The topological polar surface area (TPSA) is 54.0 Å². The molecule has 5 nitrogen and oxygen atoms in total. The SMILES string of the molecule is CC1(C)OC[C@H](C[C@H](C[C@H](/C=C\CCc2ccccc2)OCc2ccccc2)OC(=O)c2ccccc2)O1. The fraction of sp³-hybridized carbons (Fsp3) is 0.364. The molecule has 1 fully saturated rings. The number of carbonyl (C=O) groups is 1. The van der Waals surface area contributed by atoms with E-state index in [9.17, 15) is 4.79 Å². The van der Waals surface area contributed by atoms with Gasteiger partial charge in [-0.1, -0.05) is 91.0 Å². The van der Waals surface area contributed by atoms with Crippen molar-refractivity contribution >= 4 is 5.97 Å².